The Morgan fingerprint density at radius 1 is 1.15 bits per heavy atom. The molecule has 1 saturated heterocycles. The van der Waals surface area contributed by atoms with Crippen molar-refractivity contribution in [2.24, 2.45) is 5.73 Å². The van der Waals surface area contributed by atoms with Gasteiger partial charge in [0.15, 0.2) is 0 Å². The monoisotopic (exact) mass is 360 g/mol. The fraction of sp³-hybridized carbons (Fsp3) is 0.273. The Morgan fingerprint density at radius 3 is 2.44 bits per heavy atom. The Hall–Kier alpha value is -3.26. The summed E-state index contributed by atoms with van der Waals surface area (Å²) in [6.07, 6.45) is 2.19. The number of likely N-dealkylation sites (tertiary alicyclic amines) is 1. The van der Waals surface area contributed by atoms with Crippen LogP contribution >= 0.6 is 0 Å². The molecule has 3 rings (SSSR count). The predicted octanol–water partition coefficient (Wildman–Crippen LogP) is 2.98. The van der Waals surface area contributed by atoms with Crippen LogP contribution in [-0.4, -0.2) is 36.3 Å². The van der Waals surface area contributed by atoms with Crippen LogP contribution in [0.25, 0.3) is 0 Å². The molecule has 2 aromatic rings. The molecule has 5 nitrogen and oxygen atoms in total. The number of carbonyl (C=O) groups excluding carboxylic acids is 1. The number of amides is 1. The molecule has 4 N–H and O–H groups in total. The van der Waals surface area contributed by atoms with Crippen LogP contribution in [0.15, 0.2) is 42.5 Å². The minimum Gasteiger partial charge on any atom is -0.384 e. The summed E-state index contributed by atoms with van der Waals surface area (Å²) in [5.41, 5.74) is 9.76. The van der Waals surface area contributed by atoms with E-state index in [9.17, 15) is 4.79 Å². The maximum Gasteiger partial charge on any atom is 0.253 e. The molecule has 5 heteroatoms. The average molecular weight is 360 g/mol. The van der Waals surface area contributed by atoms with Crippen LogP contribution in [0.4, 0.5) is 5.69 Å². The zero-order chi connectivity index (χ0) is 19.2. The van der Waals surface area contributed by atoms with Gasteiger partial charge < -0.3 is 16.0 Å². The predicted molar refractivity (Wildman–Crippen MR) is 109 cm³/mol. The maximum atomic E-state index is 12.5. The van der Waals surface area contributed by atoms with Gasteiger partial charge in [0.25, 0.3) is 5.91 Å². The Kier molecular flexibility index (Phi) is 5.77. The fourth-order valence-electron chi connectivity index (χ4n) is 3.09. The molecule has 0 atom stereocenters. The zero-order valence-electron chi connectivity index (χ0n) is 15.5. The summed E-state index contributed by atoms with van der Waals surface area (Å²) in [5, 5.41) is 10.6. The second-order valence-electron chi connectivity index (χ2n) is 6.68. The molecule has 0 unspecified atom stereocenters. The van der Waals surface area contributed by atoms with Crippen LogP contribution in [0.2, 0.25) is 0 Å². The number of rotatable bonds is 4. The molecule has 0 spiro atoms. The van der Waals surface area contributed by atoms with Crippen molar-refractivity contribution in [1.29, 1.82) is 5.41 Å². The van der Waals surface area contributed by atoms with Gasteiger partial charge in [-0.05, 0) is 67.8 Å². The van der Waals surface area contributed by atoms with Gasteiger partial charge in [0.05, 0.1) is 6.54 Å². The molecule has 0 aliphatic carbocycles. The van der Waals surface area contributed by atoms with Gasteiger partial charge in [-0.2, -0.15) is 0 Å². The van der Waals surface area contributed by atoms with Crippen molar-refractivity contribution in [3.8, 4) is 11.8 Å². The lowest BCUT2D eigenvalue weighted by Gasteiger charge is -2.15. The summed E-state index contributed by atoms with van der Waals surface area (Å²) in [4.78, 5) is 14.4. The first kappa shape index (κ1) is 18.5. The van der Waals surface area contributed by atoms with E-state index in [4.69, 9.17) is 11.1 Å². The number of carbonyl (C=O) groups is 1. The molecule has 0 saturated carbocycles. The van der Waals surface area contributed by atoms with E-state index >= 15 is 0 Å². The van der Waals surface area contributed by atoms with E-state index in [0.717, 1.165) is 48.3 Å². The van der Waals surface area contributed by atoms with Crippen LogP contribution in [0.1, 0.15) is 39.9 Å². The summed E-state index contributed by atoms with van der Waals surface area (Å²) >= 11 is 0. The molecule has 1 amide bonds. The summed E-state index contributed by atoms with van der Waals surface area (Å²) < 4.78 is 0. The molecule has 1 fully saturated rings. The van der Waals surface area contributed by atoms with Crippen molar-refractivity contribution >= 4 is 17.4 Å². The van der Waals surface area contributed by atoms with Crippen molar-refractivity contribution in [3.05, 3.63) is 64.7 Å². The quantitative estimate of drug-likeness (QED) is 0.445. The molecule has 138 valence electrons. The molecule has 2 aromatic carbocycles. The number of aryl methyl sites for hydroxylation is 1. The summed E-state index contributed by atoms with van der Waals surface area (Å²) in [5.74, 6) is 6.44. The van der Waals surface area contributed by atoms with E-state index in [2.05, 4.69) is 17.2 Å². The van der Waals surface area contributed by atoms with Gasteiger partial charge in [-0.25, -0.2) is 0 Å². The standard InChI is InChI=1S/C22H24N4O/c1-16-15-19(22(27)26-13-2-3-14-26)7-6-17(16)5-4-12-25-20-10-8-18(9-11-20)21(23)24/h6-11,15,25H,2-3,12-14H2,1H3,(H3,23,24). The molecule has 27 heavy (non-hydrogen) atoms. The normalized spacial score (nSPS) is 13.0. The lowest BCUT2D eigenvalue weighted by atomic mass is 10.0. The minimum absolute atomic E-state index is 0.0588. The van der Waals surface area contributed by atoms with Crippen LogP contribution in [0.3, 0.4) is 0 Å². The maximum absolute atomic E-state index is 12.5. The van der Waals surface area contributed by atoms with Gasteiger partial charge in [0.1, 0.15) is 5.84 Å². The van der Waals surface area contributed by atoms with E-state index in [0.29, 0.717) is 12.1 Å². The van der Waals surface area contributed by atoms with Crippen molar-refractivity contribution in [2.45, 2.75) is 19.8 Å². The molecule has 1 aliphatic rings. The van der Waals surface area contributed by atoms with E-state index in [1.54, 1.807) is 12.1 Å². The number of anilines is 1. The molecular weight excluding hydrogens is 336 g/mol. The van der Waals surface area contributed by atoms with Gasteiger partial charge in [0, 0.05) is 35.5 Å². The van der Waals surface area contributed by atoms with Crippen LogP contribution in [0, 0.1) is 24.2 Å². The third-order valence-corrected chi connectivity index (χ3v) is 4.67. The molecule has 0 aromatic heterocycles. The van der Waals surface area contributed by atoms with E-state index in [-0.39, 0.29) is 11.7 Å². The minimum atomic E-state index is 0.0588. The van der Waals surface area contributed by atoms with Crippen molar-refractivity contribution in [1.82, 2.24) is 4.90 Å². The summed E-state index contributed by atoms with van der Waals surface area (Å²) in [7, 11) is 0. The van der Waals surface area contributed by atoms with Gasteiger partial charge in [-0.15, -0.1) is 0 Å². The van der Waals surface area contributed by atoms with Gasteiger partial charge in [-0.1, -0.05) is 11.8 Å². The first-order chi connectivity index (χ1) is 13.0. The van der Waals surface area contributed by atoms with Gasteiger partial charge in [0.2, 0.25) is 0 Å². The third-order valence-electron chi connectivity index (χ3n) is 4.67. The molecule has 0 bridgehead atoms. The first-order valence-electron chi connectivity index (χ1n) is 9.12. The lowest BCUT2D eigenvalue weighted by Crippen LogP contribution is -2.27. The highest BCUT2D eigenvalue weighted by Gasteiger charge is 2.19. The highest BCUT2D eigenvalue weighted by Crippen LogP contribution is 2.16. The van der Waals surface area contributed by atoms with Crippen LogP contribution in [-0.2, 0) is 0 Å². The number of nitrogens with two attached hydrogens (primary N) is 1. The Morgan fingerprint density at radius 2 is 1.81 bits per heavy atom. The highest BCUT2D eigenvalue weighted by molar-refractivity contribution is 5.95. The van der Waals surface area contributed by atoms with Crippen LogP contribution in [0.5, 0.6) is 0 Å². The summed E-state index contributed by atoms with van der Waals surface area (Å²) in [6, 6.07) is 13.1. The van der Waals surface area contributed by atoms with E-state index in [1.165, 1.54) is 0 Å². The van der Waals surface area contributed by atoms with Crippen LogP contribution < -0.4 is 11.1 Å². The Bertz CT molecular complexity index is 900. The molecule has 0 radical (unpaired) electrons. The van der Waals surface area contributed by atoms with Gasteiger partial charge in [-0.3, -0.25) is 10.2 Å². The topological polar surface area (TPSA) is 82.2 Å². The van der Waals surface area contributed by atoms with E-state index < -0.39 is 0 Å². The van der Waals surface area contributed by atoms with Crippen molar-refractivity contribution in [3.63, 3.8) is 0 Å². The van der Waals surface area contributed by atoms with Gasteiger partial charge >= 0.3 is 0 Å². The third kappa shape index (κ3) is 4.68. The number of benzene rings is 2. The lowest BCUT2D eigenvalue weighted by molar-refractivity contribution is 0.0792. The number of amidine groups is 1. The number of hydrogen-bond donors (Lipinski definition) is 3. The number of nitrogens with zero attached hydrogens (tertiary/aromatic N) is 1. The first-order valence-corrected chi connectivity index (χ1v) is 9.12. The second-order valence-corrected chi connectivity index (χ2v) is 6.68. The van der Waals surface area contributed by atoms with Crippen molar-refractivity contribution in [2.75, 3.05) is 25.0 Å². The Balaban J connectivity index is 1.59. The molecule has 1 heterocycles. The average Bonchev–Trinajstić information content (AvgIpc) is 3.20. The zero-order valence-corrected chi connectivity index (χ0v) is 15.5. The number of nitrogen functional groups attached to an aromatic ring is 1. The molecule has 1 aliphatic heterocycles. The number of hydrogen-bond acceptors (Lipinski definition) is 3. The summed E-state index contributed by atoms with van der Waals surface area (Å²) in [6.45, 7) is 4.21. The smallest absolute Gasteiger partial charge is 0.253 e. The SMILES string of the molecule is Cc1cc(C(=O)N2CCCC2)ccc1C#CCNc1ccc(C(=N)N)cc1. The fourth-order valence-corrected chi connectivity index (χ4v) is 3.09. The number of nitrogens with one attached hydrogen (secondary N) is 2. The van der Waals surface area contributed by atoms with E-state index in [1.807, 2.05) is 42.2 Å². The Labute approximate surface area is 160 Å². The largest absolute Gasteiger partial charge is 0.384 e. The molecular formula is C22H24N4O. The second kappa shape index (κ2) is 8.41. The van der Waals surface area contributed by atoms with Crippen molar-refractivity contribution < 1.29 is 4.79 Å². The highest BCUT2D eigenvalue weighted by atomic mass is 16.2.